The third-order valence-corrected chi connectivity index (χ3v) is 4.38. The van der Waals surface area contributed by atoms with Gasteiger partial charge in [-0.15, -0.1) is 0 Å². The minimum absolute atomic E-state index is 0.0505. The Morgan fingerprint density at radius 1 is 1.00 bits per heavy atom. The fourth-order valence-corrected chi connectivity index (χ4v) is 2.75. The van der Waals surface area contributed by atoms with E-state index in [1.807, 2.05) is 0 Å². The van der Waals surface area contributed by atoms with E-state index < -0.39 is 0 Å². The fourth-order valence-electron chi connectivity index (χ4n) is 2.29. The number of aryl methyl sites for hydroxylation is 3. The Morgan fingerprint density at radius 3 is 2.26 bits per heavy atom. The summed E-state index contributed by atoms with van der Waals surface area (Å²) in [5, 5.41) is 0. The Hall–Kier alpha value is -1.12. The van der Waals surface area contributed by atoms with E-state index in [9.17, 15) is 0 Å². The van der Waals surface area contributed by atoms with Gasteiger partial charge in [0.1, 0.15) is 0 Å². The van der Waals surface area contributed by atoms with E-state index in [-0.39, 0.29) is 6.04 Å². The number of halogens is 1. The van der Waals surface area contributed by atoms with Crippen LogP contribution in [0.2, 0.25) is 0 Å². The van der Waals surface area contributed by atoms with Crippen molar-refractivity contribution in [2.24, 2.45) is 5.73 Å². The first-order valence-electron chi connectivity index (χ1n) is 6.55. The molecule has 0 aliphatic rings. The normalized spacial score (nSPS) is 12.5. The van der Waals surface area contributed by atoms with Gasteiger partial charge in [-0.25, -0.2) is 0 Å². The Balaban J connectivity index is 2.22. The highest BCUT2D eigenvalue weighted by atomic mass is 79.9. The summed E-state index contributed by atoms with van der Waals surface area (Å²) >= 11 is 3.56. The molecule has 0 aliphatic heterocycles. The van der Waals surface area contributed by atoms with Crippen LogP contribution in [0.4, 0.5) is 0 Å². The van der Waals surface area contributed by atoms with Crippen molar-refractivity contribution in [1.29, 1.82) is 0 Å². The van der Waals surface area contributed by atoms with E-state index in [0.717, 1.165) is 10.9 Å². The van der Waals surface area contributed by atoms with Gasteiger partial charge in [0.05, 0.1) is 0 Å². The maximum absolute atomic E-state index is 6.37. The summed E-state index contributed by atoms with van der Waals surface area (Å²) in [6.07, 6.45) is 0.877. The van der Waals surface area contributed by atoms with Crippen LogP contribution in [0.3, 0.4) is 0 Å². The zero-order valence-electron chi connectivity index (χ0n) is 11.7. The van der Waals surface area contributed by atoms with Crippen molar-refractivity contribution in [3.63, 3.8) is 0 Å². The number of benzene rings is 2. The van der Waals surface area contributed by atoms with Crippen LogP contribution in [0.15, 0.2) is 40.9 Å². The molecule has 0 radical (unpaired) electrons. The third-order valence-electron chi connectivity index (χ3n) is 3.52. The maximum atomic E-state index is 6.37. The van der Waals surface area contributed by atoms with Crippen LogP contribution in [-0.4, -0.2) is 0 Å². The van der Waals surface area contributed by atoms with Crippen molar-refractivity contribution in [1.82, 2.24) is 0 Å². The summed E-state index contributed by atoms with van der Waals surface area (Å²) in [6.45, 7) is 6.33. The molecule has 0 saturated carbocycles. The molecule has 2 N–H and O–H groups in total. The van der Waals surface area contributed by atoms with E-state index in [0.29, 0.717) is 0 Å². The molecule has 0 saturated heterocycles. The van der Waals surface area contributed by atoms with Gasteiger partial charge in [0, 0.05) is 10.5 Å². The van der Waals surface area contributed by atoms with Crippen LogP contribution in [-0.2, 0) is 6.42 Å². The fraction of sp³-hybridized carbons (Fsp3) is 0.294. The largest absolute Gasteiger partial charge is 0.324 e. The van der Waals surface area contributed by atoms with Gasteiger partial charge in [-0.2, -0.15) is 0 Å². The standard InChI is InChI=1S/C17H20BrN/c1-11-4-6-14(7-5-11)10-17(19)15-8-13(3)16(18)9-12(15)2/h4-9,17H,10,19H2,1-3H3. The lowest BCUT2D eigenvalue weighted by Gasteiger charge is -2.16. The summed E-state index contributed by atoms with van der Waals surface area (Å²) in [6, 6.07) is 13.0. The number of hydrogen-bond acceptors (Lipinski definition) is 1. The number of nitrogens with two attached hydrogens (primary N) is 1. The van der Waals surface area contributed by atoms with Crippen molar-refractivity contribution in [2.45, 2.75) is 33.2 Å². The van der Waals surface area contributed by atoms with E-state index >= 15 is 0 Å². The van der Waals surface area contributed by atoms with Crippen molar-refractivity contribution in [3.05, 3.63) is 68.7 Å². The van der Waals surface area contributed by atoms with Gasteiger partial charge in [-0.05, 0) is 55.5 Å². The third kappa shape index (κ3) is 3.46. The molecule has 100 valence electrons. The molecule has 2 heteroatoms. The van der Waals surface area contributed by atoms with Crippen LogP contribution in [0.25, 0.3) is 0 Å². The van der Waals surface area contributed by atoms with Crippen LogP contribution in [0.1, 0.15) is 33.9 Å². The Bertz CT molecular complexity index is 573. The molecule has 2 rings (SSSR count). The van der Waals surface area contributed by atoms with E-state index in [2.05, 4.69) is 73.1 Å². The molecule has 0 amide bonds. The predicted molar refractivity (Wildman–Crippen MR) is 85.4 cm³/mol. The van der Waals surface area contributed by atoms with Crippen LogP contribution in [0, 0.1) is 20.8 Å². The lowest BCUT2D eigenvalue weighted by molar-refractivity contribution is 0.715. The minimum atomic E-state index is 0.0505. The highest BCUT2D eigenvalue weighted by Crippen LogP contribution is 2.26. The molecule has 0 bridgehead atoms. The summed E-state index contributed by atoms with van der Waals surface area (Å²) in [4.78, 5) is 0. The van der Waals surface area contributed by atoms with E-state index in [1.54, 1.807) is 0 Å². The van der Waals surface area contributed by atoms with Crippen LogP contribution < -0.4 is 5.73 Å². The van der Waals surface area contributed by atoms with Crippen LogP contribution >= 0.6 is 15.9 Å². The first-order chi connectivity index (χ1) is 8.97. The molecule has 0 heterocycles. The molecular weight excluding hydrogens is 298 g/mol. The Labute approximate surface area is 124 Å². The monoisotopic (exact) mass is 317 g/mol. The highest BCUT2D eigenvalue weighted by Gasteiger charge is 2.11. The first-order valence-corrected chi connectivity index (χ1v) is 7.34. The van der Waals surface area contributed by atoms with Gasteiger partial charge in [-0.1, -0.05) is 51.8 Å². The molecule has 1 unspecified atom stereocenters. The Kier molecular flexibility index (Phi) is 4.43. The van der Waals surface area contributed by atoms with Gasteiger partial charge in [0.25, 0.3) is 0 Å². The maximum Gasteiger partial charge on any atom is 0.0338 e. The molecule has 0 spiro atoms. The topological polar surface area (TPSA) is 26.0 Å². The van der Waals surface area contributed by atoms with Crippen molar-refractivity contribution >= 4 is 15.9 Å². The average Bonchev–Trinajstić information content (AvgIpc) is 2.36. The van der Waals surface area contributed by atoms with Gasteiger partial charge in [0.2, 0.25) is 0 Å². The van der Waals surface area contributed by atoms with E-state index in [4.69, 9.17) is 5.73 Å². The van der Waals surface area contributed by atoms with Crippen LogP contribution in [0.5, 0.6) is 0 Å². The first kappa shape index (κ1) is 14.3. The van der Waals surface area contributed by atoms with Gasteiger partial charge in [0.15, 0.2) is 0 Å². The highest BCUT2D eigenvalue weighted by molar-refractivity contribution is 9.10. The summed E-state index contributed by atoms with van der Waals surface area (Å²) in [7, 11) is 0. The summed E-state index contributed by atoms with van der Waals surface area (Å²) < 4.78 is 1.15. The van der Waals surface area contributed by atoms with Gasteiger partial charge >= 0.3 is 0 Å². The molecule has 19 heavy (non-hydrogen) atoms. The second-order valence-electron chi connectivity index (χ2n) is 5.25. The molecule has 0 fully saturated rings. The lowest BCUT2D eigenvalue weighted by Crippen LogP contribution is -2.15. The smallest absolute Gasteiger partial charge is 0.0338 e. The van der Waals surface area contributed by atoms with Crippen molar-refractivity contribution in [2.75, 3.05) is 0 Å². The minimum Gasteiger partial charge on any atom is -0.324 e. The second kappa shape index (κ2) is 5.89. The van der Waals surface area contributed by atoms with Gasteiger partial charge < -0.3 is 5.73 Å². The molecule has 2 aromatic rings. The van der Waals surface area contributed by atoms with Crippen molar-refractivity contribution < 1.29 is 0 Å². The summed E-state index contributed by atoms with van der Waals surface area (Å²) in [5.74, 6) is 0. The zero-order chi connectivity index (χ0) is 14.0. The quantitative estimate of drug-likeness (QED) is 0.878. The molecular formula is C17H20BrN. The van der Waals surface area contributed by atoms with E-state index in [1.165, 1.54) is 27.8 Å². The predicted octanol–water partition coefficient (Wildman–Crippen LogP) is 4.62. The molecule has 1 nitrogen and oxygen atoms in total. The molecule has 0 aromatic heterocycles. The average molecular weight is 318 g/mol. The number of rotatable bonds is 3. The Morgan fingerprint density at radius 2 is 1.63 bits per heavy atom. The molecule has 0 aliphatic carbocycles. The van der Waals surface area contributed by atoms with Crippen molar-refractivity contribution in [3.8, 4) is 0 Å². The molecule has 2 aromatic carbocycles. The SMILES string of the molecule is Cc1ccc(CC(N)c2cc(C)c(Br)cc2C)cc1. The zero-order valence-corrected chi connectivity index (χ0v) is 13.3. The second-order valence-corrected chi connectivity index (χ2v) is 6.11. The number of hydrogen-bond donors (Lipinski definition) is 1. The lowest BCUT2D eigenvalue weighted by atomic mass is 9.94. The summed E-state index contributed by atoms with van der Waals surface area (Å²) in [5.41, 5.74) is 12.7. The molecule has 1 atom stereocenters. The van der Waals surface area contributed by atoms with Gasteiger partial charge in [-0.3, -0.25) is 0 Å².